The van der Waals surface area contributed by atoms with Crippen molar-refractivity contribution in [3.8, 4) is 22.8 Å². The Bertz CT molecular complexity index is 1090. The fourth-order valence-electron chi connectivity index (χ4n) is 2.81. The summed E-state index contributed by atoms with van der Waals surface area (Å²) in [4.78, 5) is -0.0958. The maximum Gasteiger partial charge on any atom is 0.241 e. The van der Waals surface area contributed by atoms with Crippen LogP contribution in [-0.4, -0.2) is 27.8 Å². The molecular weight excluding hydrogens is 424 g/mol. The molecule has 0 aliphatic heterocycles. The van der Waals surface area contributed by atoms with Crippen molar-refractivity contribution >= 4 is 36.9 Å². The third-order valence-corrected chi connectivity index (χ3v) is 5.39. The van der Waals surface area contributed by atoms with Crippen LogP contribution in [0.1, 0.15) is 12.5 Å². The number of ether oxygens (including phenoxy) is 2. The number of aromatic nitrogens is 1. The van der Waals surface area contributed by atoms with Gasteiger partial charge in [-0.1, -0.05) is 28.0 Å². The molecule has 2 N–H and O–H groups in total. The number of nitrogens with zero attached hydrogens (tertiary/aromatic N) is 1. The number of benzene rings is 2. The maximum atomic E-state index is 12.1. The van der Waals surface area contributed by atoms with Gasteiger partial charge in [-0.3, -0.25) is 0 Å². The molecule has 3 aromatic rings. The lowest BCUT2D eigenvalue weighted by molar-refractivity contribution is 0.403. The Balaban J connectivity index is 2.43. The summed E-state index contributed by atoms with van der Waals surface area (Å²) in [6.45, 7) is 1.91. The van der Waals surface area contributed by atoms with Crippen molar-refractivity contribution in [2.45, 2.75) is 18.2 Å². The minimum absolute atomic E-state index is 0.0958. The molecule has 26 heavy (non-hydrogen) atoms. The summed E-state index contributed by atoms with van der Waals surface area (Å²) in [6, 6.07) is 6.85. The molecule has 0 unspecified atom stereocenters. The molecule has 1 aromatic heterocycles. The quantitative estimate of drug-likeness (QED) is 0.650. The van der Waals surface area contributed by atoms with Gasteiger partial charge in [0.15, 0.2) is 5.58 Å². The Morgan fingerprint density at radius 1 is 1.19 bits per heavy atom. The lowest BCUT2D eigenvalue weighted by Crippen LogP contribution is -2.14. The Morgan fingerprint density at radius 2 is 1.92 bits per heavy atom. The van der Waals surface area contributed by atoms with Crippen molar-refractivity contribution in [3.05, 3.63) is 34.3 Å². The van der Waals surface area contributed by atoms with Gasteiger partial charge >= 0.3 is 0 Å². The molecule has 0 saturated heterocycles. The average molecular weight is 441 g/mol. The molecule has 1 heterocycles. The van der Waals surface area contributed by atoms with Gasteiger partial charge in [0.05, 0.1) is 19.6 Å². The highest BCUT2D eigenvalue weighted by atomic mass is 79.9. The number of hydrogen-bond donors (Lipinski definition) is 1. The molecule has 0 aliphatic rings. The highest BCUT2D eigenvalue weighted by Crippen LogP contribution is 2.43. The first-order valence-electron chi connectivity index (χ1n) is 7.67. The minimum Gasteiger partial charge on any atom is -0.496 e. The van der Waals surface area contributed by atoms with Crippen LogP contribution in [0.3, 0.4) is 0 Å². The van der Waals surface area contributed by atoms with E-state index in [2.05, 4.69) is 21.1 Å². The van der Waals surface area contributed by atoms with Gasteiger partial charge in [-0.15, -0.1) is 0 Å². The second-order valence-electron chi connectivity index (χ2n) is 5.59. The van der Waals surface area contributed by atoms with E-state index in [0.29, 0.717) is 34.4 Å². The second kappa shape index (κ2) is 6.90. The van der Waals surface area contributed by atoms with Crippen LogP contribution in [0.4, 0.5) is 0 Å². The monoisotopic (exact) mass is 440 g/mol. The van der Waals surface area contributed by atoms with Gasteiger partial charge in [-0.25, -0.2) is 13.6 Å². The predicted octanol–water partition coefficient (Wildman–Crippen LogP) is 3.48. The highest BCUT2D eigenvalue weighted by Gasteiger charge is 2.25. The van der Waals surface area contributed by atoms with Crippen molar-refractivity contribution in [2.75, 3.05) is 14.2 Å². The fourth-order valence-corrected chi connectivity index (χ4v) is 3.99. The molecule has 0 fully saturated rings. The molecule has 0 saturated carbocycles. The van der Waals surface area contributed by atoms with Gasteiger partial charge in [0.2, 0.25) is 10.0 Å². The summed E-state index contributed by atoms with van der Waals surface area (Å²) in [7, 11) is -1.07. The standard InChI is InChI=1S/C17H17BrN2O5S/c1-4-9-5-11(17(24-3)14(6-9)26(19,21)22)16-15-12(23-2)7-10(18)8-13(15)25-20-16/h5-8H,4H2,1-3H3,(H2,19,21,22). The van der Waals surface area contributed by atoms with Gasteiger partial charge in [0.1, 0.15) is 22.1 Å². The van der Waals surface area contributed by atoms with Gasteiger partial charge in [-0.05, 0) is 36.2 Å². The Kier molecular flexibility index (Phi) is 4.96. The zero-order valence-electron chi connectivity index (χ0n) is 14.4. The molecule has 0 spiro atoms. The third kappa shape index (κ3) is 3.17. The van der Waals surface area contributed by atoms with Crippen LogP contribution >= 0.6 is 15.9 Å². The highest BCUT2D eigenvalue weighted by molar-refractivity contribution is 9.10. The zero-order chi connectivity index (χ0) is 19.1. The van der Waals surface area contributed by atoms with Crippen LogP contribution in [0, 0.1) is 0 Å². The summed E-state index contributed by atoms with van der Waals surface area (Å²) in [5.41, 5.74) is 2.15. The van der Waals surface area contributed by atoms with Crippen LogP contribution in [0.15, 0.2) is 38.2 Å². The summed E-state index contributed by atoms with van der Waals surface area (Å²) >= 11 is 3.39. The van der Waals surface area contributed by atoms with Crippen molar-refractivity contribution in [1.82, 2.24) is 5.16 Å². The van der Waals surface area contributed by atoms with E-state index in [1.165, 1.54) is 20.3 Å². The lowest BCUT2D eigenvalue weighted by Gasteiger charge is -2.14. The normalized spacial score (nSPS) is 11.7. The first-order valence-corrected chi connectivity index (χ1v) is 10.0. The SMILES string of the molecule is CCc1cc(-c2noc3cc(Br)cc(OC)c23)c(OC)c(S(N)(=O)=O)c1. The van der Waals surface area contributed by atoms with E-state index in [-0.39, 0.29) is 10.6 Å². The zero-order valence-corrected chi connectivity index (χ0v) is 16.8. The van der Waals surface area contributed by atoms with Crippen LogP contribution in [-0.2, 0) is 16.4 Å². The van der Waals surface area contributed by atoms with E-state index in [1.54, 1.807) is 12.1 Å². The molecule has 9 heteroatoms. The van der Waals surface area contributed by atoms with Gasteiger partial charge in [-0.2, -0.15) is 0 Å². The van der Waals surface area contributed by atoms with Gasteiger partial charge in [0.25, 0.3) is 0 Å². The van der Waals surface area contributed by atoms with E-state index < -0.39 is 10.0 Å². The molecule has 2 aromatic carbocycles. The van der Waals surface area contributed by atoms with Crippen LogP contribution < -0.4 is 14.6 Å². The summed E-state index contributed by atoms with van der Waals surface area (Å²) < 4.78 is 41.1. The third-order valence-electron chi connectivity index (χ3n) is 4.01. The fraction of sp³-hybridized carbons (Fsp3) is 0.235. The van der Waals surface area contributed by atoms with Crippen molar-refractivity contribution in [2.24, 2.45) is 5.14 Å². The number of aryl methyl sites for hydroxylation is 1. The molecule has 138 valence electrons. The van der Waals surface area contributed by atoms with Crippen LogP contribution in [0.5, 0.6) is 11.5 Å². The summed E-state index contributed by atoms with van der Waals surface area (Å²) in [6.07, 6.45) is 0.609. The molecule has 0 radical (unpaired) electrons. The van der Waals surface area contributed by atoms with E-state index in [0.717, 1.165) is 10.0 Å². The first kappa shape index (κ1) is 18.7. The second-order valence-corrected chi connectivity index (χ2v) is 8.03. The first-order chi connectivity index (χ1) is 12.3. The van der Waals surface area contributed by atoms with E-state index in [1.807, 2.05) is 13.0 Å². The van der Waals surface area contributed by atoms with E-state index >= 15 is 0 Å². The number of halogens is 1. The maximum absolute atomic E-state index is 12.1. The topological polar surface area (TPSA) is 105 Å². The number of nitrogens with two attached hydrogens (primary N) is 1. The van der Waals surface area contributed by atoms with Crippen molar-refractivity contribution in [1.29, 1.82) is 0 Å². The number of hydrogen-bond acceptors (Lipinski definition) is 6. The van der Waals surface area contributed by atoms with E-state index in [9.17, 15) is 8.42 Å². The summed E-state index contributed by atoms with van der Waals surface area (Å²) in [5.74, 6) is 0.650. The summed E-state index contributed by atoms with van der Waals surface area (Å²) in [5, 5.41) is 10.1. The molecular formula is C17H17BrN2O5S. The largest absolute Gasteiger partial charge is 0.496 e. The number of sulfonamides is 1. The smallest absolute Gasteiger partial charge is 0.241 e. The van der Waals surface area contributed by atoms with Crippen molar-refractivity contribution in [3.63, 3.8) is 0 Å². The molecule has 0 amide bonds. The number of fused-ring (bicyclic) bond motifs is 1. The average Bonchev–Trinajstić information content (AvgIpc) is 3.02. The van der Waals surface area contributed by atoms with E-state index in [4.69, 9.17) is 19.1 Å². The lowest BCUT2D eigenvalue weighted by atomic mass is 10.0. The van der Waals surface area contributed by atoms with Crippen molar-refractivity contribution < 1.29 is 22.4 Å². The number of primary sulfonamides is 1. The molecule has 0 atom stereocenters. The Hall–Kier alpha value is -2.10. The Morgan fingerprint density at radius 3 is 2.50 bits per heavy atom. The van der Waals surface area contributed by atoms with Gasteiger partial charge in [0, 0.05) is 10.0 Å². The van der Waals surface area contributed by atoms with Crippen LogP contribution in [0.2, 0.25) is 0 Å². The molecule has 7 nitrogen and oxygen atoms in total. The number of methoxy groups -OCH3 is 2. The Labute approximate surface area is 159 Å². The van der Waals surface area contributed by atoms with Crippen LogP contribution in [0.25, 0.3) is 22.2 Å². The minimum atomic E-state index is -3.99. The van der Waals surface area contributed by atoms with Gasteiger partial charge < -0.3 is 14.0 Å². The molecule has 0 aliphatic carbocycles. The predicted molar refractivity (Wildman–Crippen MR) is 101 cm³/mol. The molecule has 3 rings (SSSR count). The molecule has 0 bridgehead atoms. The number of rotatable bonds is 5.